The molecule has 2 fully saturated rings. The molecule has 0 heterocycles. The molecular formula is C22H30O. The van der Waals surface area contributed by atoms with Gasteiger partial charge < -0.3 is 4.74 Å². The molecule has 2 saturated carbocycles. The molecule has 0 amide bonds. The van der Waals surface area contributed by atoms with E-state index in [4.69, 9.17) is 4.74 Å². The van der Waals surface area contributed by atoms with Crippen LogP contribution in [0.5, 0.6) is 0 Å². The van der Waals surface area contributed by atoms with Crippen LogP contribution in [-0.2, 0) is 11.3 Å². The Labute approximate surface area is 141 Å². The van der Waals surface area contributed by atoms with Crippen molar-refractivity contribution in [3.63, 3.8) is 0 Å². The molecule has 0 N–H and O–H groups in total. The largest absolute Gasteiger partial charge is 0.370 e. The van der Waals surface area contributed by atoms with Gasteiger partial charge in [0.25, 0.3) is 0 Å². The SMILES string of the molecule is CC1=C2[C@@H](CC1)[C@@](C)(OCc1ccccc1)CC[C@H]1[C@H]2C1(C)C. The molecule has 1 aromatic rings. The van der Waals surface area contributed by atoms with Gasteiger partial charge in [-0.15, -0.1) is 0 Å². The predicted octanol–water partition coefficient (Wildman–Crippen LogP) is 5.75. The topological polar surface area (TPSA) is 9.23 Å². The minimum atomic E-state index is 0.0203. The van der Waals surface area contributed by atoms with E-state index < -0.39 is 0 Å². The first-order chi connectivity index (χ1) is 10.9. The highest BCUT2D eigenvalue weighted by Gasteiger charge is 2.64. The molecule has 1 aromatic carbocycles. The average Bonchev–Trinajstić information content (AvgIpc) is 2.91. The summed E-state index contributed by atoms with van der Waals surface area (Å²) in [5.74, 6) is 2.36. The molecule has 0 unspecified atom stereocenters. The van der Waals surface area contributed by atoms with Crippen molar-refractivity contribution in [3.05, 3.63) is 47.0 Å². The summed E-state index contributed by atoms with van der Waals surface area (Å²) in [6, 6.07) is 10.6. The first-order valence-electron chi connectivity index (χ1n) is 9.31. The van der Waals surface area contributed by atoms with Crippen LogP contribution in [0.3, 0.4) is 0 Å². The number of benzene rings is 1. The lowest BCUT2D eigenvalue weighted by atomic mass is 9.78. The summed E-state index contributed by atoms with van der Waals surface area (Å²) in [4.78, 5) is 0. The van der Waals surface area contributed by atoms with Crippen LogP contribution in [0, 0.1) is 23.2 Å². The van der Waals surface area contributed by atoms with Crippen LogP contribution in [0.4, 0.5) is 0 Å². The maximum atomic E-state index is 6.60. The van der Waals surface area contributed by atoms with Gasteiger partial charge >= 0.3 is 0 Å². The van der Waals surface area contributed by atoms with E-state index in [1.165, 1.54) is 31.2 Å². The van der Waals surface area contributed by atoms with Crippen molar-refractivity contribution in [1.29, 1.82) is 0 Å². The second-order valence-corrected chi connectivity index (χ2v) is 8.86. The zero-order chi connectivity index (χ0) is 16.2. The molecule has 4 atom stereocenters. The van der Waals surface area contributed by atoms with E-state index in [1.807, 2.05) is 0 Å². The van der Waals surface area contributed by atoms with Crippen LogP contribution in [-0.4, -0.2) is 5.60 Å². The Balaban J connectivity index is 1.58. The van der Waals surface area contributed by atoms with Gasteiger partial charge in [-0.3, -0.25) is 0 Å². The quantitative estimate of drug-likeness (QED) is 0.645. The molecule has 0 saturated heterocycles. The second-order valence-electron chi connectivity index (χ2n) is 8.86. The second kappa shape index (κ2) is 5.21. The third kappa shape index (κ3) is 2.39. The van der Waals surface area contributed by atoms with Crippen LogP contribution < -0.4 is 0 Å². The normalized spacial score (nSPS) is 38.0. The Morgan fingerprint density at radius 3 is 2.57 bits per heavy atom. The van der Waals surface area contributed by atoms with Gasteiger partial charge in [-0.1, -0.05) is 55.3 Å². The summed E-state index contributed by atoms with van der Waals surface area (Å²) >= 11 is 0. The Kier molecular flexibility index (Phi) is 3.50. The summed E-state index contributed by atoms with van der Waals surface area (Å²) in [6.45, 7) is 10.5. The van der Waals surface area contributed by atoms with Crippen molar-refractivity contribution in [2.45, 2.75) is 65.6 Å². The zero-order valence-electron chi connectivity index (χ0n) is 15.1. The van der Waals surface area contributed by atoms with Crippen LogP contribution in [0.1, 0.15) is 58.9 Å². The monoisotopic (exact) mass is 310 g/mol. The molecule has 23 heavy (non-hydrogen) atoms. The van der Waals surface area contributed by atoms with Crippen molar-refractivity contribution in [3.8, 4) is 0 Å². The number of hydrogen-bond acceptors (Lipinski definition) is 1. The molecule has 0 bridgehead atoms. The van der Waals surface area contributed by atoms with Crippen LogP contribution >= 0.6 is 0 Å². The summed E-state index contributed by atoms with van der Waals surface area (Å²) in [6.07, 6.45) is 5.12. The van der Waals surface area contributed by atoms with Gasteiger partial charge in [0.05, 0.1) is 12.2 Å². The molecular weight excluding hydrogens is 280 g/mol. The standard InChI is InChI=1S/C22H30O/c1-15-10-11-17-19(15)20-18(21(20,2)3)12-13-22(17,4)23-14-16-8-6-5-7-9-16/h5-9,17-18,20H,10-14H2,1-4H3/t17-,18+,20-,22+/m1/s1. The highest BCUT2D eigenvalue weighted by Crippen LogP contribution is 2.70. The molecule has 4 rings (SSSR count). The van der Waals surface area contributed by atoms with Crippen LogP contribution in [0.2, 0.25) is 0 Å². The Hall–Kier alpha value is -1.08. The van der Waals surface area contributed by atoms with Gasteiger partial charge in [-0.05, 0) is 62.3 Å². The van der Waals surface area contributed by atoms with Crippen molar-refractivity contribution in [2.24, 2.45) is 23.2 Å². The number of allylic oxidation sites excluding steroid dienone is 1. The lowest BCUT2D eigenvalue weighted by molar-refractivity contribution is -0.0809. The Morgan fingerprint density at radius 2 is 1.83 bits per heavy atom. The average molecular weight is 310 g/mol. The van der Waals surface area contributed by atoms with Crippen LogP contribution in [0.15, 0.2) is 41.5 Å². The molecule has 3 aliphatic rings. The molecule has 124 valence electrons. The van der Waals surface area contributed by atoms with Gasteiger partial charge in [0.2, 0.25) is 0 Å². The maximum Gasteiger partial charge on any atom is 0.0724 e. The molecule has 3 aliphatic carbocycles. The van der Waals surface area contributed by atoms with Crippen molar-refractivity contribution in [2.75, 3.05) is 0 Å². The van der Waals surface area contributed by atoms with E-state index in [2.05, 4.69) is 58.0 Å². The molecule has 0 aromatic heterocycles. The van der Waals surface area contributed by atoms with E-state index in [0.717, 1.165) is 18.4 Å². The van der Waals surface area contributed by atoms with Gasteiger partial charge in [0.15, 0.2) is 0 Å². The third-order valence-corrected chi connectivity index (χ3v) is 7.16. The van der Waals surface area contributed by atoms with E-state index in [1.54, 1.807) is 11.1 Å². The van der Waals surface area contributed by atoms with Gasteiger partial charge in [-0.25, -0.2) is 0 Å². The fourth-order valence-corrected chi connectivity index (χ4v) is 5.59. The first-order valence-corrected chi connectivity index (χ1v) is 9.31. The fourth-order valence-electron chi connectivity index (χ4n) is 5.59. The Morgan fingerprint density at radius 1 is 1.09 bits per heavy atom. The highest BCUT2D eigenvalue weighted by atomic mass is 16.5. The number of rotatable bonds is 3. The molecule has 0 aliphatic heterocycles. The maximum absolute atomic E-state index is 6.60. The Bertz CT molecular complexity index is 627. The van der Waals surface area contributed by atoms with E-state index in [0.29, 0.717) is 11.3 Å². The van der Waals surface area contributed by atoms with Crippen LogP contribution in [0.25, 0.3) is 0 Å². The molecule has 1 heteroatoms. The first kappa shape index (κ1) is 15.4. The van der Waals surface area contributed by atoms with E-state index in [9.17, 15) is 0 Å². The molecule has 1 nitrogen and oxygen atoms in total. The van der Waals surface area contributed by atoms with E-state index in [-0.39, 0.29) is 5.60 Å². The van der Waals surface area contributed by atoms with Gasteiger partial charge in [-0.2, -0.15) is 0 Å². The molecule has 0 radical (unpaired) electrons. The third-order valence-electron chi connectivity index (χ3n) is 7.16. The van der Waals surface area contributed by atoms with Crippen molar-refractivity contribution >= 4 is 0 Å². The summed E-state index contributed by atoms with van der Waals surface area (Å²) in [5, 5.41) is 0. The van der Waals surface area contributed by atoms with Crippen molar-refractivity contribution < 1.29 is 4.74 Å². The number of hydrogen-bond donors (Lipinski definition) is 0. The van der Waals surface area contributed by atoms with E-state index >= 15 is 0 Å². The fraction of sp³-hybridized carbons (Fsp3) is 0.636. The minimum Gasteiger partial charge on any atom is -0.370 e. The smallest absolute Gasteiger partial charge is 0.0724 e. The minimum absolute atomic E-state index is 0.0203. The zero-order valence-corrected chi connectivity index (χ0v) is 15.1. The molecule has 0 spiro atoms. The van der Waals surface area contributed by atoms with Gasteiger partial charge in [0.1, 0.15) is 0 Å². The highest BCUT2D eigenvalue weighted by molar-refractivity contribution is 5.36. The predicted molar refractivity (Wildman–Crippen MR) is 95.1 cm³/mol. The summed E-state index contributed by atoms with van der Waals surface area (Å²) in [5.41, 5.74) is 5.30. The lowest BCUT2D eigenvalue weighted by Crippen LogP contribution is -2.38. The summed E-state index contributed by atoms with van der Waals surface area (Å²) in [7, 11) is 0. The summed E-state index contributed by atoms with van der Waals surface area (Å²) < 4.78 is 6.60. The number of ether oxygens (including phenoxy) is 1. The number of fused-ring (bicyclic) bond motifs is 3. The van der Waals surface area contributed by atoms with Gasteiger partial charge in [0, 0.05) is 5.92 Å². The van der Waals surface area contributed by atoms with Crippen molar-refractivity contribution in [1.82, 2.24) is 0 Å². The lowest BCUT2D eigenvalue weighted by Gasteiger charge is -2.37.